The molecule has 1 amide bonds. The van der Waals surface area contributed by atoms with Gasteiger partial charge in [0.2, 0.25) is 0 Å². The molecule has 0 radical (unpaired) electrons. The molecule has 3 aliphatic heterocycles. The van der Waals surface area contributed by atoms with Crippen molar-refractivity contribution in [3.8, 4) is 0 Å². The van der Waals surface area contributed by atoms with Gasteiger partial charge in [-0.05, 0) is 44.0 Å². The number of carbonyl (C=O) groups excluding carboxylic acids is 1. The normalized spacial score (nSPS) is 32.0. The fourth-order valence-corrected chi connectivity index (χ4v) is 5.28. The quantitative estimate of drug-likeness (QED) is 0.879. The van der Waals surface area contributed by atoms with Gasteiger partial charge in [-0.1, -0.05) is 0 Å². The predicted octanol–water partition coefficient (Wildman–Crippen LogP) is 2.39. The van der Waals surface area contributed by atoms with Crippen molar-refractivity contribution in [1.82, 2.24) is 15.2 Å². The molecule has 3 aliphatic rings. The number of hydrogen-bond donors (Lipinski definition) is 1. The maximum atomic E-state index is 12.4. The molecule has 0 aromatic carbocycles. The molecule has 2 bridgehead atoms. The second-order valence-electron chi connectivity index (χ2n) is 8.16. The van der Waals surface area contributed by atoms with Gasteiger partial charge in [0, 0.05) is 43.9 Å². The average molecular weight is 367 g/mol. The van der Waals surface area contributed by atoms with E-state index in [-0.39, 0.29) is 17.6 Å². The number of ether oxygens (including phenoxy) is 1. The molecule has 0 unspecified atom stereocenters. The summed E-state index contributed by atoms with van der Waals surface area (Å²) in [5.41, 5.74) is 0.577. The lowest BCUT2D eigenvalue weighted by atomic mass is 9.73. The maximum Gasteiger partial charge on any atom is 0.252 e. The molecule has 6 nitrogen and oxygen atoms in total. The molecule has 1 spiro atoms. The van der Waals surface area contributed by atoms with Crippen LogP contribution in [-0.2, 0) is 11.3 Å². The number of amides is 1. The first-order chi connectivity index (χ1) is 13.1. The number of pyridine rings is 1. The van der Waals surface area contributed by atoms with Crippen molar-refractivity contribution in [2.24, 2.45) is 11.8 Å². The van der Waals surface area contributed by atoms with Crippen LogP contribution in [0.2, 0.25) is 0 Å². The van der Waals surface area contributed by atoms with Gasteiger partial charge in [-0.25, -0.2) is 0 Å². The first kappa shape index (κ1) is 17.0. The summed E-state index contributed by atoms with van der Waals surface area (Å²) in [4.78, 5) is 18.9. The SMILES string of the molecule is Cc1ccc(CN2C[C@@H]3[C@H](CNC(=O)c4cccnc4)[C@H]4CC[C@]3(C2)O4)o1. The number of nitrogens with zero attached hydrogens (tertiary/aromatic N) is 2. The van der Waals surface area contributed by atoms with Crippen LogP contribution in [0.4, 0.5) is 0 Å². The lowest BCUT2D eigenvalue weighted by Crippen LogP contribution is -2.41. The second kappa shape index (κ2) is 6.46. The molecule has 3 fully saturated rings. The number of aryl methyl sites for hydroxylation is 1. The summed E-state index contributed by atoms with van der Waals surface area (Å²) in [6.07, 6.45) is 5.78. The summed E-state index contributed by atoms with van der Waals surface area (Å²) in [5.74, 6) is 2.76. The van der Waals surface area contributed by atoms with Crippen LogP contribution >= 0.6 is 0 Å². The van der Waals surface area contributed by atoms with E-state index in [1.807, 2.05) is 13.0 Å². The van der Waals surface area contributed by atoms with Crippen molar-refractivity contribution in [2.45, 2.75) is 38.0 Å². The number of fused-ring (bicyclic) bond motifs is 1. The highest BCUT2D eigenvalue weighted by Gasteiger charge is 2.62. The Morgan fingerprint density at radius 2 is 2.33 bits per heavy atom. The smallest absolute Gasteiger partial charge is 0.252 e. The third kappa shape index (κ3) is 2.97. The van der Waals surface area contributed by atoms with Crippen LogP contribution < -0.4 is 5.32 Å². The maximum absolute atomic E-state index is 12.4. The molecule has 27 heavy (non-hydrogen) atoms. The average Bonchev–Trinajstić information content (AvgIpc) is 3.41. The first-order valence-corrected chi connectivity index (χ1v) is 9.77. The van der Waals surface area contributed by atoms with E-state index in [2.05, 4.69) is 21.3 Å². The Balaban J connectivity index is 1.25. The Morgan fingerprint density at radius 3 is 3.11 bits per heavy atom. The third-order valence-electron chi connectivity index (χ3n) is 6.45. The zero-order valence-corrected chi connectivity index (χ0v) is 15.6. The van der Waals surface area contributed by atoms with Gasteiger partial charge in [0.1, 0.15) is 11.5 Å². The van der Waals surface area contributed by atoms with Gasteiger partial charge >= 0.3 is 0 Å². The summed E-state index contributed by atoms with van der Waals surface area (Å²) < 4.78 is 12.2. The van der Waals surface area contributed by atoms with Crippen LogP contribution in [0.1, 0.15) is 34.7 Å². The number of carbonyl (C=O) groups is 1. The predicted molar refractivity (Wildman–Crippen MR) is 99.1 cm³/mol. The van der Waals surface area contributed by atoms with Crippen molar-refractivity contribution in [2.75, 3.05) is 19.6 Å². The number of nitrogens with one attached hydrogen (secondary N) is 1. The first-order valence-electron chi connectivity index (χ1n) is 9.77. The minimum atomic E-state index is -0.0548. The summed E-state index contributed by atoms with van der Waals surface area (Å²) in [7, 11) is 0. The zero-order chi connectivity index (χ0) is 18.4. The van der Waals surface area contributed by atoms with Crippen LogP contribution in [-0.4, -0.2) is 47.1 Å². The Bertz CT molecular complexity index is 836. The number of likely N-dealkylation sites (tertiary alicyclic amines) is 1. The summed E-state index contributed by atoms with van der Waals surface area (Å²) in [6.45, 7) is 5.44. The zero-order valence-electron chi connectivity index (χ0n) is 15.6. The minimum absolute atomic E-state index is 0.0317. The van der Waals surface area contributed by atoms with Gasteiger partial charge in [-0.2, -0.15) is 0 Å². The molecule has 2 aromatic rings. The van der Waals surface area contributed by atoms with Gasteiger partial charge in [-0.15, -0.1) is 0 Å². The van der Waals surface area contributed by atoms with Crippen LogP contribution in [0, 0.1) is 18.8 Å². The molecular weight excluding hydrogens is 342 g/mol. The Hall–Kier alpha value is -2.18. The molecule has 0 saturated carbocycles. The van der Waals surface area contributed by atoms with Crippen molar-refractivity contribution in [3.63, 3.8) is 0 Å². The van der Waals surface area contributed by atoms with Gasteiger partial charge in [-0.3, -0.25) is 14.7 Å². The van der Waals surface area contributed by atoms with E-state index in [1.165, 1.54) is 0 Å². The minimum Gasteiger partial charge on any atom is -0.465 e. The number of aromatic nitrogens is 1. The highest BCUT2D eigenvalue weighted by Crippen LogP contribution is 2.54. The second-order valence-corrected chi connectivity index (χ2v) is 8.16. The molecule has 5 heterocycles. The molecule has 5 rings (SSSR count). The molecule has 2 aromatic heterocycles. The van der Waals surface area contributed by atoms with Crippen LogP contribution in [0.5, 0.6) is 0 Å². The fraction of sp³-hybridized carbons (Fsp3) is 0.524. The van der Waals surface area contributed by atoms with Gasteiger partial charge in [0.05, 0.1) is 23.8 Å². The third-order valence-corrected chi connectivity index (χ3v) is 6.45. The van der Waals surface area contributed by atoms with E-state index in [0.29, 0.717) is 23.9 Å². The fourth-order valence-electron chi connectivity index (χ4n) is 5.28. The lowest BCUT2D eigenvalue weighted by Gasteiger charge is -2.29. The van der Waals surface area contributed by atoms with Crippen LogP contribution in [0.3, 0.4) is 0 Å². The Kier molecular flexibility index (Phi) is 4.06. The lowest BCUT2D eigenvalue weighted by molar-refractivity contribution is 0.00166. The van der Waals surface area contributed by atoms with E-state index in [9.17, 15) is 4.79 Å². The van der Waals surface area contributed by atoms with Crippen molar-refractivity contribution < 1.29 is 13.9 Å². The van der Waals surface area contributed by atoms with E-state index in [4.69, 9.17) is 9.15 Å². The summed E-state index contributed by atoms with van der Waals surface area (Å²) >= 11 is 0. The monoisotopic (exact) mass is 367 g/mol. The van der Waals surface area contributed by atoms with E-state index < -0.39 is 0 Å². The van der Waals surface area contributed by atoms with E-state index in [0.717, 1.165) is 44.0 Å². The van der Waals surface area contributed by atoms with E-state index in [1.54, 1.807) is 24.5 Å². The van der Waals surface area contributed by atoms with Crippen molar-refractivity contribution in [3.05, 3.63) is 53.7 Å². The standard InChI is InChI=1S/C21H25N3O3/c1-14-4-5-16(26-14)11-24-12-18-17(19-6-7-21(18,13-24)27-19)10-23-20(25)15-3-2-8-22-9-15/h2-5,8-9,17-19H,6-7,10-13H2,1H3,(H,23,25)/t17-,18+,19+,21+/m0/s1. The van der Waals surface area contributed by atoms with Crippen molar-refractivity contribution >= 4 is 5.91 Å². The molecule has 3 saturated heterocycles. The number of furan rings is 1. The highest BCUT2D eigenvalue weighted by molar-refractivity contribution is 5.93. The molecule has 0 aliphatic carbocycles. The highest BCUT2D eigenvalue weighted by atomic mass is 16.5. The molecule has 4 atom stereocenters. The molecule has 142 valence electrons. The van der Waals surface area contributed by atoms with Crippen molar-refractivity contribution in [1.29, 1.82) is 0 Å². The largest absolute Gasteiger partial charge is 0.465 e. The Morgan fingerprint density at radius 1 is 1.41 bits per heavy atom. The summed E-state index contributed by atoms with van der Waals surface area (Å²) in [6, 6.07) is 7.66. The molecule has 1 N–H and O–H groups in total. The summed E-state index contributed by atoms with van der Waals surface area (Å²) in [5, 5.41) is 3.11. The number of hydrogen-bond acceptors (Lipinski definition) is 5. The topological polar surface area (TPSA) is 67.6 Å². The van der Waals surface area contributed by atoms with Crippen LogP contribution in [0.25, 0.3) is 0 Å². The molecular formula is C21H25N3O3. The van der Waals surface area contributed by atoms with Crippen LogP contribution in [0.15, 0.2) is 41.1 Å². The Labute approximate surface area is 158 Å². The van der Waals surface area contributed by atoms with Gasteiger partial charge in [0.15, 0.2) is 0 Å². The van der Waals surface area contributed by atoms with E-state index >= 15 is 0 Å². The molecule has 6 heteroatoms. The van der Waals surface area contributed by atoms with Gasteiger partial charge in [0.25, 0.3) is 5.91 Å². The number of rotatable bonds is 5. The van der Waals surface area contributed by atoms with Gasteiger partial charge < -0.3 is 14.5 Å².